The molecule has 176 valence electrons. The number of pyridine rings is 2. The number of amides is 1. The summed E-state index contributed by atoms with van der Waals surface area (Å²) in [5.41, 5.74) is 6.00. The zero-order valence-corrected chi connectivity index (χ0v) is 20.8. The van der Waals surface area contributed by atoms with Gasteiger partial charge in [0, 0.05) is 66.4 Å². The molecule has 0 N–H and O–H groups in total. The fourth-order valence-corrected chi connectivity index (χ4v) is 5.44. The number of rotatable bonds is 3. The van der Waals surface area contributed by atoms with Crippen molar-refractivity contribution in [1.82, 2.24) is 29.0 Å². The molecular weight excluding hydrogens is 483 g/mol. The van der Waals surface area contributed by atoms with Gasteiger partial charge in [-0.1, -0.05) is 29.3 Å². The summed E-state index contributed by atoms with van der Waals surface area (Å²) in [5.74, 6) is 0.107. The van der Waals surface area contributed by atoms with Gasteiger partial charge in [-0.2, -0.15) is 5.10 Å². The first-order valence-electron chi connectivity index (χ1n) is 11.4. The van der Waals surface area contributed by atoms with Crippen molar-refractivity contribution in [3.05, 3.63) is 70.9 Å². The van der Waals surface area contributed by atoms with Crippen LogP contribution in [0.2, 0.25) is 10.0 Å². The van der Waals surface area contributed by atoms with Gasteiger partial charge in [-0.25, -0.2) is 4.98 Å². The van der Waals surface area contributed by atoms with E-state index in [1.165, 1.54) is 0 Å². The number of hydrogen-bond acceptors (Lipinski definition) is 4. The fourth-order valence-electron chi connectivity index (χ4n) is 4.87. The van der Waals surface area contributed by atoms with Gasteiger partial charge in [-0.15, -0.1) is 0 Å². The van der Waals surface area contributed by atoms with E-state index >= 15 is 0 Å². The normalized spacial score (nSPS) is 16.0. The maximum Gasteiger partial charge on any atom is 0.219 e. The first-order valence-corrected chi connectivity index (χ1v) is 12.2. The topological polar surface area (TPSA) is 68.3 Å². The van der Waals surface area contributed by atoms with Crippen LogP contribution in [-0.2, 0) is 4.79 Å². The van der Waals surface area contributed by atoms with Crippen molar-refractivity contribution in [2.75, 3.05) is 13.1 Å². The largest absolute Gasteiger partial charge is 0.341 e. The van der Waals surface area contributed by atoms with E-state index < -0.39 is 0 Å². The van der Waals surface area contributed by atoms with Crippen molar-refractivity contribution >= 4 is 45.7 Å². The summed E-state index contributed by atoms with van der Waals surface area (Å²) in [6, 6.07) is 9.74. The van der Waals surface area contributed by atoms with Gasteiger partial charge in [0.1, 0.15) is 5.65 Å². The van der Waals surface area contributed by atoms with Gasteiger partial charge in [0.2, 0.25) is 5.91 Å². The molecule has 5 aromatic rings. The number of halogens is 2. The van der Waals surface area contributed by atoms with E-state index in [1.807, 2.05) is 70.0 Å². The molecule has 35 heavy (non-hydrogen) atoms. The van der Waals surface area contributed by atoms with Gasteiger partial charge in [-0.3, -0.25) is 14.5 Å². The highest BCUT2D eigenvalue weighted by molar-refractivity contribution is 6.39. The third kappa shape index (κ3) is 3.66. The van der Waals surface area contributed by atoms with E-state index in [9.17, 15) is 4.79 Å². The molecule has 1 aromatic carbocycles. The highest BCUT2D eigenvalue weighted by Gasteiger charge is 2.26. The minimum atomic E-state index is 0.107. The van der Waals surface area contributed by atoms with Crippen LogP contribution in [0, 0.1) is 6.92 Å². The highest BCUT2D eigenvalue weighted by atomic mass is 35.5. The van der Waals surface area contributed by atoms with E-state index in [0.29, 0.717) is 16.6 Å². The van der Waals surface area contributed by atoms with Crippen LogP contribution >= 0.6 is 23.2 Å². The summed E-state index contributed by atoms with van der Waals surface area (Å²) in [6.07, 6.45) is 8.62. The van der Waals surface area contributed by atoms with Crippen LogP contribution < -0.4 is 0 Å². The molecule has 0 radical (unpaired) electrons. The number of aromatic nitrogens is 5. The Morgan fingerprint density at radius 3 is 2.66 bits per heavy atom. The second-order valence-corrected chi connectivity index (χ2v) is 9.74. The summed E-state index contributed by atoms with van der Waals surface area (Å²) in [4.78, 5) is 23.2. The number of fused-ring (bicyclic) bond motifs is 3. The Kier molecular flexibility index (Phi) is 5.27. The smallest absolute Gasteiger partial charge is 0.219 e. The van der Waals surface area contributed by atoms with Gasteiger partial charge >= 0.3 is 0 Å². The number of likely N-dealkylation sites (tertiary alicyclic amines) is 1. The van der Waals surface area contributed by atoms with Gasteiger partial charge in [0.25, 0.3) is 0 Å². The first-order chi connectivity index (χ1) is 16.9. The number of benzene rings is 1. The number of carbonyl (C=O) groups is 1. The Morgan fingerprint density at radius 2 is 1.91 bits per heavy atom. The first kappa shape index (κ1) is 22.1. The van der Waals surface area contributed by atoms with Crippen molar-refractivity contribution < 1.29 is 4.79 Å². The van der Waals surface area contributed by atoms with Gasteiger partial charge in [-0.05, 0) is 37.6 Å². The summed E-state index contributed by atoms with van der Waals surface area (Å²) < 4.78 is 4.00. The lowest BCUT2D eigenvalue weighted by Crippen LogP contribution is -2.26. The third-order valence-electron chi connectivity index (χ3n) is 6.81. The molecule has 4 aromatic heterocycles. The Hall–Kier alpha value is -3.42. The van der Waals surface area contributed by atoms with E-state index in [1.54, 1.807) is 6.92 Å². The fraction of sp³-hybridized carbons (Fsp3) is 0.231. The number of nitrogens with zero attached hydrogens (tertiary/aromatic N) is 6. The molecule has 0 saturated carbocycles. The van der Waals surface area contributed by atoms with E-state index in [2.05, 4.69) is 11.2 Å². The average Bonchev–Trinajstić information content (AvgIpc) is 3.58. The lowest BCUT2D eigenvalue weighted by molar-refractivity contribution is -0.127. The van der Waals surface area contributed by atoms with E-state index in [-0.39, 0.29) is 11.9 Å². The predicted octanol–water partition coefficient (Wildman–Crippen LogP) is 5.82. The van der Waals surface area contributed by atoms with E-state index in [0.717, 1.165) is 57.6 Å². The average molecular weight is 505 g/mol. The van der Waals surface area contributed by atoms with Crippen LogP contribution in [0.5, 0.6) is 0 Å². The molecule has 1 aliphatic heterocycles. The zero-order valence-electron chi connectivity index (χ0n) is 19.2. The van der Waals surface area contributed by atoms with Gasteiger partial charge in [0.05, 0.1) is 33.5 Å². The van der Waals surface area contributed by atoms with Crippen molar-refractivity contribution in [1.29, 1.82) is 0 Å². The number of hydrogen-bond donors (Lipinski definition) is 0. The monoisotopic (exact) mass is 504 g/mol. The van der Waals surface area contributed by atoms with Crippen LogP contribution in [0.3, 0.4) is 0 Å². The van der Waals surface area contributed by atoms with Crippen LogP contribution in [-0.4, -0.2) is 48.0 Å². The molecule has 1 amide bonds. The Morgan fingerprint density at radius 1 is 1.11 bits per heavy atom. The molecule has 1 fully saturated rings. The van der Waals surface area contributed by atoms with Crippen molar-refractivity contribution in [2.45, 2.75) is 26.3 Å². The predicted molar refractivity (Wildman–Crippen MR) is 138 cm³/mol. The summed E-state index contributed by atoms with van der Waals surface area (Å²) in [5, 5.41) is 6.65. The molecule has 0 aliphatic carbocycles. The van der Waals surface area contributed by atoms with Crippen molar-refractivity contribution in [3.8, 4) is 22.4 Å². The quantitative estimate of drug-likeness (QED) is 0.310. The van der Waals surface area contributed by atoms with Gasteiger partial charge in [0.15, 0.2) is 0 Å². The van der Waals surface area contributed by atoms with Crippen LogP contribution in [0.25, 0.3) is 38.9 Å². The second kappa shape index (κ2) is 8.36. The van der Waals surface area contributed by atoms with Crippen LogP contribution in [0.15, 0.2) is 55.1 Å². The molecule has 0 bridgehead atoms. The molecule has 0 spiro atoms. The highest BCUT2D eigenvalue weighted by Crippen LogP contribution is 2.37. The second-order valence-electron chi connectivity index (χ2n) is 8.93. The maximum atomic E-state index is 11.7. The molecule has 6 rings (SSSR count). The number of imidazole rings is 1. The molecule has 1 aliphatic rings. The SMILES string of the molecule is CC(=O)N1CCC(n2cc(-c3cnc4ccn5c(C)c(-c6c(Cl)cccc6Cl)nc5c4c3)cn2)C1. The lowest BCUT2D eigenvalue weighted by Gasteiger charge is -2.13. The summed E-state index contributed by atoms with van der Waals surface area (Å²) >= 11 is 13.0. The lowest BCUT2D eigenvalue weighted by atomic mass is 10.1. The Bertz CT molecular complexity index is 1600. The summed E-state index contributed by atoms with van der Waals surface area (Å²) in [7, 11) is 0. The van der Waals surface area contributed by atoms with Crippen molar-refractivity contribution in [3.63, 3.8) is 0 Å². The molecule has 1 unspecified atom stereocenters. The van der Waals surface area contributed by atoms with Crippen molar-refractivity contribution in [2.24, 2.45) is 0 Å². The summed E-state index contributed by atoms with van der Waals surface area (Å²) in [6.45, 7) is 5.07. The molecule has 7 nitrogen and oxygen atoms in total. The molecule has 9 heteroatoms. The third-order valence-corrected chi connectivity index (χ3v) is 7.44. The number of carbonyl (C=O) groups excluding carboxylic acids is 1. The number of aryl methyl sites for hydroxylation is 1. The van der Waals surface area contributed by atoms with Crippen LogP contribution in [0.4, 0.5) is 0 Å². The molecule has 1 atom stereocenters. The minimum Gasteiger partial charge on any atom is -0.341 e. The standard InChI is InChI=1S/C26H22Cl2N6O/c1-15-25(24-21(27)4-3-5-22(24)28)31-26-20-10-17(11-29-23(20)7-9-33(15)26)18-12-30-34(13-18)19-6-8-32(14-19)16(2)35/h3-5,7,9-13,19H,6,8,14H2,1-2H3. The minimum absolute atomic E-state index is 0.107. The Labute approximate surface area is 211 Å². The Balaban J connectivity index is 1.43. The van der Waals surface area contributed by atoms with E-state index in [4.69, 9.17) is 33.2 Å². The van der Waals surface area contributed by atoms with Gasteiger partial charge < -0.3 is 9.30 Å². The maximum absolute atomic E-state index is 11.7. The van der Waals surface area contributed by atoms with Crippen LogP contribution in [0.1, 0.15) is 25.1 Å². The molecular formula is C26H22Cl2N6O. The zero-order chi connectivity index (χ0) is 24.3. The molecule has 1 saturated heterocycles. The molecule has 5 heterocycles.